The van der Waals surface area contributed by atoms with E-state index in [1.165, 1.54) is 5.56 Å². The molecular weight excluding hydrogens is 364 g/mol. The summed E-state index contributed by atoms with van der Waals surface area (Å²) in [5.41, 5.74) is 1.94. The molecule has 1 fully saturated rings. The molecule has 29 heavy (non-hydrogen) atoms. The van der Waals surface area contributed by atoms with Crippen molar-refractivity contribution in [1.82, 2.24) is 14.8 Å². The van der Waals surface area contributed by atoms with Crippen molar-refractivity contribution in [1.29, 1.82) is 0 Å². The van der Waals surface area contributed by atoms with Crippen LogP contribution in [0.3, 0.4) is 0 Å². The summed E-state index contributed by atoms with van der Waals surface area (Å²) in [5.74, 6) is 1.88. The van der Waals surface area contributed by atoms with E-state index in [2.05, 4.69) is 40.8 Å². The molecule has 6 heteroatoms. The fourth-order valence-corrected chi connectivity index (χ4v) is 3.75. The van der Waals surface area contributed by atoms with Crippen LogP contribution in [0.25, 0.3) is 0 Å². The number of methoxy groups -OCH3 is 1. The average molecular weight is 397 g/mol. The molecule has 1 aliphatic rings. The molecule has 6 nitrogen and oxygen atoms in total. The topological polar surface area (TPSA) is 48.9 Å². The number of nitrogens with zero attached hydrogens (tertiary/aromatic N) is 4. The maximum Gasteiger partial charge on any atom is 0.255 e. The Bertz CT molecular complexity index is 772. The predicted octanol–water partition coefficient (Wildman–Crippen LogP) is 3.28. The van der Waals surface area contributed by atoms with Crippen molar-refractivity contribution in [3.8, 4) is 5.75 Å². The van der Waals surface area contributed by atoms with Gasteiger partial charge in [0.1, 0.15) is 11.6 Å². The van der Waals surface area contributed by atoms with Crippen LogP contribution >= 0.6 is 0 Å². The van der Waals surface area contributed by atoms with Gasteiger partial charge in [-0.2, -0.15) is 0 Å². The number of carbonyl (C=O) groups is 1. The van der Waals surface area contributed by atoms with E-state index in [-0.39, 0.29) is 5.91 Å². The molecule has 1 aliphatic heterocycles. The lowest BCUT2D eigenvalue weighted by atomic mass is 10.2. The van der Waals surface area contributed by atoms with Crippen LogP contribution in [-0.4, -0.2) is 67.1 Å². The Hall–Kier alpha value is -2.60. The molecule has 2 aromatic rings. The number of anilines is 1. The number of ether oxygens (including phenoxy) is 1. The summed E-state index contributed by atoms with van der Waals surface area (Å²) < 4.78 is 5.23. The van der Waals surface area contributed by atoms with Crippen molar-refractivity contribution in [2.75, 3.05) is 51.3 Å². The molecule has 0 spiro atoms. The molecule has 3 rings (SSSR count). The number of rotatable bonds is 7. The van der Waals surface area contributed by atoms with Crippen LogP contribution in [0.15, 0.2) is 42.6 Å². The first-order valence-corrected chi connectivity index (χ1v) is 10.5. The van der Waals surface area contributed by atoms with E-state index in [1.807, 2.05) is 29.2 Å². The summed E-state index contributed by atoms with van der Waals surface area (Å²) in [6.07, 6.45) is 2.70. The molecular formula is C23H32N4O2. The Labute approximate surface area is 174 Å². The lowest BCUT2D eigenvalue weighted by molar-refractivity contribution is 0.0760. The van der Waals surface area contributed by atoms with E-state index in [0.717, 1.165) is 63.8 Å². The number of hydrogen-bond donors (Lipinski definition) is 0. The Balaban J connectivity index is 1.57. The summed E-state index contributed by atoms with van der Waals surface area (Å²) in [4.78, 5) is 24.0. The first-order chi connectivity index (χ1) is 14.1. The van der Waals surface area contributed by atoms with Crippen molar-refractivity contribution >= 4 is 11.7 Å². The van der Waals surface area contributed by atoms with Gasteiger partial charge >= 0.3 is 0 Å². The number of carbonyl (C=O) groups excluding carboxylic acids is 1. The minimum atomic E-state index is 0.0786. The Morgan fingerprint density at radius 1 is 1.03 bits per heavy atom. The van der Waals surface area contributed by atoms with Gasteiger partial charge < -0.3 is 14.5 Å². The monoisotopic (exact) mass is 396 g/mol. The summed E-state index contributed by atoms with van der Waals surface area (Å²) >= 11 is 0. The van der Waals surface area contributed by atoms with E-state index < -0.39 is 0 Å². The number of aromatic nitrogens is 1. The molecule has 0 bridgehead atoms. The first-order valence-electron chi connectivity index (χ1n) is 10.5. The molecule has 0 saturated carbocycles. The minimum absolute atomic E-state index is 0.0786. The normalized spacial score (nSPS) is 15.1. The Kier molecular flexibility index (Phi) is 7.47. The maximum absolute atomic E-state index is 12.9. The van der Waals surface area contributed by atoms with E-state index in [1.54, 1.807) is 13.3 Å². The van der Waals surface area contributed by atoms with Gasteiger partial charge in [-0.05, 0) is 50.1 Å². The number of amides is 1. The average Bonchev–Trinajstić information content (AvgIpc) is 3.01. The van der Waals surface area contributed by atoms with E-state index in [9.17, 15) is 4.79 Å². The van der Waals surface area contributed by atoms with Crippen molar-refractivity contribution < 1.29 is 9.53 Å². The summed E-state index contributed by atoms with van der Waals surface area (Å²) in [7, 11) is 1.68. The second-order valence-electron chi connectivity index (χ2n) is 7.35. The molecule has 1 amide bonds. The zero-order chi connectivity index (χ0) is 20.6. The fourth-order valence-electron chi connectivity index (χ4n) is 3.75. The molecule has 0 atom stereocenters. The summed E-state index contributed by atoms with van der Waals surface area (Å²) in [6, 6.07) is 12.1. The molecule has 1 aromatic heterocycles. The fraction of sp³-hybridized carbons (Fsp3) is 0.478. The third-order valence-corrected chi connectivity index (χ3v) is 5.52. The molecule has 1 aromatic carbocycles. The summed E-state index contributed by atoms with van der Waals surface area (Å²) in [5, 5.41) is 0. The maximum atomic E-state index is 12.9. The van der Waals surface area contributed by atoms with Crippen molar-refractivity contribution in [2.45, 2.75) is 26.8 Å². The predicted molar refractivity (Wildman–Crippen MR) is 117 cm³/mol. The van der Waals surface area contributed by atoms with Crippen LogP contribution in [-0.2, 0) is 6.54 Å². The van der Waals surface area contributed by atoms with Gasteiger partial charge in [0.15, 0.2) is 0 Å². The van der Waals surface area contributed by atoms with Gasteiger partial charge in [0.2, 0.25) is 0 Å². The number of hydrogen-bond acceptors (Lipinski definition) is 5. The standard InChI is InChI=1S/C23H32N4O2/c1-4-26(5-2)22-12-9-20(17-24-22)23(28)27-14-6-13-25(15-16-27)18-19-7-10-21(29-3)11-8-19/h7-12,17H,4-6,13-16,18H2,1-3H3. The van der Waals surface area contributed by atoms with Gasteiger partial charge in [-0.25, -0.2) is 4.98 Å². The smallest absolute Gasteiger partial charge is 0.255 e. The van der Waals surface area contributed by atoms with E-state index in [4.69, 9.17) is 4.74 Å². The van der Waals surface area contributed by atoms with Crippen LogP contribution in [0.4, 0.5) is 5.82 Å². The van der Waals surface area contributed by atoms with Crippen LogP contribution in [0.1, 0.15) is 36.2 Å². The van der Waals surface area contributed by atoms with Crippen LogP contribution in [0.2, 0.25) is 0 Å². The van der Waals surface area contributed by atoms with Gasteiger partial charge in [-0.1, -0.05) is 12.1 Å². The van der Waals surface area contributed by atoms with Crippen molar-refractivity contribution in [3.63, 3.8) is 0 Å². The highest BCUT2D eigenvalue weighted by atomic mass is 16.5. The summed E-state index contributed by atoms with van der Waals surface area (Å²) in [6.45, 7) is 10.3. The van der Waals surface area contributed by atoms with Gasteiger partial charge in [-0.15, -0.1) is 0 Å². The van der Waals surface area contributed by atoms with Crippen LogP contribution in [0, 0.1) is 0 Å². The minimum Gasteiger partial charge on any atom is -0.497 e. The number of pyridine rings is 1. The van der Waals surface area contributed by atoms with Crippen LogP contribution in [0.5, 0.6) is 5.75 Å². The number of benzene rings is 1. The lowest BCUT2D eigenvalue weighted by Gasteiger charge is -2.23. The van der Waals surface area contributed by atoms with E-state index >= 15 is 0 Å². The largest absolute Gasteiger partial charge is 0.497 e. The third kappa shape index (κ3) is 5.48. The lowest BCUT2D eigenvalue weighted by Crippen LogP contribution is -2.35. The Morgan fingerprint density at radius 2 is 1.79 bits per heavy atom. The molecule has 156 valence electrons. The second kappa shape index (κ2) is 10.3. The molecule has 0 unspecified atom stereocenters. The zero-order valence-electron chi connectivity index (χ0n) is 17.8. The van der Waals surface area contributed by atoms with Gasteiger partial charge in [-0.3, -0.25) is 9.69 Å². The van der Waals surface area contributed by atoms with Gasteiger partial charge in [0.05, 0.1) is 12.7 Å². The van der Waals surface area contributed by atoms with E-state index in [0.29, 0.717) is 5.56 Å². The molecule has 1 saturated heterocycles. The highest BCUT2D eigenvalue weighted by molar-refractivity contribution is 5.94. The highest BCUT2D eigenvalue weighted by Crippen LogP contribution is 2.16. The SMILES string of the molecule is CCN(CC)c1ccc(C(=O)N2CCCN(Cc3ccc(OC)cc3)CC2)cn1. The van der Waals surface area contributed by atoms with Gasteiger partial charge in [0, 0.05) is 52.0 Å². The highest BCUT2D eigenvalue weighted by Gasteiger charge is 2.21. The molecule has 2 heterocycles. The van der Waals surface area contributed by atoms with Crippen molar-refractivity contribution in [3.05, 3.63) is 53.7 Å². The van der Waals surface area contributed by atoms with Gasteiger partial charge in [0.25, 0.3) is 5.91 Å². The van der Waals surface area contributed by atoms with Crippen molar-refractivity contribution in [2.24, 2.45) is 0 Å². The zero-order valence-corrected chi connectivity index (χ0v) is 17.8. The first kappa shape index (κ1) is 21.1. The molecule has 0 aliphatic carbocycles. The second-order valence-corrected chi connectivity index (χ2v) is 7.35. The molecule has 0 N–H and O–H groups in total. The third-order valence-electron chi connectivity index (χ3n) is 5.52. The van der Waals surface area contributed by atoms with Crippen LogP contribution < -0.4 is 9.64 Å². The molecule has 0 radical (unpaired) electrons. The Morgan fingerprint density at radius 3 is 2.41 bits per heavy atom. The quantitative estimate of drug-likeness (QED) is 0.719.